The molecule has 2 saturated heterocycles. The Balaban J connectivity index is 1.38. The number of carbonyl (C=O) groups is 1. The summed E-state index contributed by atoms with van der Waals surface area (Å²) >= 11 is 19.0. The number of carbonyl (C=O) groups excluding carboxylic acids is 1. The lowest BCUT2D eigenvalue weighted by Gasteiger charge is -2.42. The molecule has 0 aromatic heterocycles. The molecule has 1 unspecified atom stereocenters. The monoisotopic (exact) mass is 523 g/mol. The fraction of sp³-hybridized carbons (Fsp3) is 0.500. The number of aliphatic hydroxyl groups excluding tert-OH is 1. The lowest BCUT2D eigenvalue weighted by Crippen LogP contribution is -2.52. The molecular weight excluding hydrogens is 493 g/mol. The molecule has 2 aromatic rings. The van der Waals surface area contributed by atoms with E-state index < -0.39 is 6.61 Å². The first-order valence-electron chi connectivity index (χ1n) is 12.0. The highest BCUT2D eigenvalue weighted by atomic mass is 35.5. The lowest BCUT2D eigenvalue weighted by atomic mass is 9.88. The van der Waals surface area contributed by atoms with Crippen molar-refractivity contribution in [1.29, 1.82) is 0 Å². The molecule has 8 heteroatoms. The van der Waals surface area contributed by atoms with Crippen LogP contribution in [-0.4, -0.2) is 59.6 Å². The van der Waals surface area contributed by atoms with E-state index in [4.69, 9.17) is 34.8 Å². The highest BCUT2D eigenvalue weighted by Crippen LogP contribution is 2.36. The Morgan fingerprint density at radius 3 is 2.53 bits per heavy atom. The number of rotatable bonds is 6. The smallest absolute Gasteiger partial charge is 0.248 e. The maximum absolute atomic E-state index is 11.9. The highest BCUT2D eigenvalue weighted by molar-refractivity contribution is 6.35. The number of hydrogen-bond acceptors (Lipinski definition) is 4. The molecular formula is C26H32Cl3N3O2. The predicted octanol–water partition coefficient (Wildman–Crippen LogP) is 5.98. The summed E-state index contributed by atoms with van der Waals surface area (Å²) in [5.41, 5.74) is 3.18. The maximum atomic E-state index is 11.9. The number of anilines is 1. The first kappa shape index (κ1) is 25.6. The van der Waals surface area contributed by atoms with Crippen LogP contribution in [0.3, 0.4) is 0 Å². The van der Waals surface area contributed by atoms with Crippen molar-refractivity contribution >= 4 is 46.4 Å². The minimum absolute atomic E-state index is 0.0183. The van der Waals surface area contributed by atoms with Gasteiger partial charge in [0.2, 0.25) is 5.91 Å². The standard InChI is InChI=1S/C26H32Cl3N3O2/c1-17(22-6-5-20(27)14-24(22)29)30-25-13-19(4-7-23(25)28)18-8-11-31(12-9-18)21-3-2-10-32(15-21)26(34)16-33/h4-7,13-14,17-18,21,30,33H,2-3,8-12,15-16H2,1H3/t17-,21?/m1/s1. The Bertz CT molecular complexity index is 1010. The van der Waals surface area contributed by atoms with Crippen LogP contribution >= 0.6 is 34.8 Å². The van der Waals surface area contributed by atoms with E-state index in [0.717, 1.165) is 63.1 Å². The minimum atomic E-state index is -0.398. The van der Waals surface area contributed by atoms with Crippen LogP contribution in [0.4, 0.5) is 5.69 Å². The van der Waals surface area contributed by atoms with Crippen LogP contribution in [0.1, 0.15) is 55.7 Å². The molecule has 0 bridgehead atoms. The van der Waals surface area contributed by atoms with Crippen LogP contribution in [0.2, 0.25) is 15.1 Å². The van der Waals surface area contributed by atoms with Crippen LogP contribution in [0.15, 0.2) is 36.4 Å². The van der Waals surface area contributed by atoms with E-state index >= 15 is 0 Å². The number of halogens is 3. The molecule has 184 valence electrons. The van der Waals surface area contributed by atoms with E-state index in [-0.39, 0.29) is 11.9 Å². The van der Waals surface area contributed by atoms with E-state index in [1.54, 1.807) is 6.07 Å². The second kappa shape index (κ2) is 11.5. The van der Waals surface area contributed by atoms with Crippen molar-refractivity contribution < 1.29 is 9.90 Å². The second-order valence-corrected chi connectivity index (χ2v) is 10.6. The quantitative estimate of drug-likeness (QED) is 0.488. The second-order valence-electron chi connectivity index (χ2n) is 9.38. The molecule has 2 atom stereocenters. The summed E-state index contributed by atoms with van der Waals surface area (Å²) in [6.45, 7) is 5.17. The van der Waals surface area contributed by atoms with Gasteiger partial charge in [0.25, 0.3) is 0 Å². The fourth-order valence-electron chi connectivity index (χ4n) is 5.25. The molecule has 34 heavy (non-hydrogen) atoms. The molecule has 0 spiro atoms. The number of hydrogen-bond donors (Lipinski definition) is 2. The molecule has 2 heterocycles. The maximum Gasteiger partial charge on any atom is 0.248 e. The zero-order chi connectivity index (χ0) is 24.2. The van der Waals surface area contributed by atoms with Gasteiger partial charge in [-0.05, 0) is 87.0 Å². The number of nitrogens with one attached hydrogen (secondary N) is 1. The molecule has 0 saturated carbocycles. The molecule has 2 fully saturated rings. The number of aliphatic hydroxyl groups is 1. The van der Waals surface area contributed by atoms with Crippen molar-refractivity contribution in [3.63, 3.8) is 0 Å². The first-order chi connectivity index (χ1) is 16.4. The summed E-state index contributed by atoms with van der Waals surface area (Å²) in [4.78, 5) is 16.3. The summed E-state index contributed by atoms with van der Waals surface area (Å²) in [7, 11) is 0. The van der Waals surface area contributed by atoms with Gasteiger partial charge in [-0.1, -0.05) is 46.9 Å². The minimum Gasteiger partial charge on any atom is -0.387 e. The van der Waals surface area contributed by atoms with E-state index in [1.807, 2.05) is 23.1 Å². The fourth-order valence-corrected chi connectivity index (χ4v) is 5.99. The van der Waals surface area contributed by atoms with Crippen LogP contribution in [0, 0.1) is 0 Å². The largest absolute Gasteiger partial charge is 0.387 e. The predicted molar refractivity (Wildman–Crippen MR) is 140 cm³/mol. The zero-order valence-electron chi connectivity index (χ0n) is 19.4. The summed E-state index contributed by atoms with van der Waals surface area (Å²) in [5.74, 6) is 0.317. The van der Waals surface area contributed by atoms with E-state index in [0.29, 0.717) is 27.0 Å². The third-order valence-corrected chi connectivity index (χ3v) is 8.09. The molecule has 2 N–H and O–H groups in total. The zero-order valence-corrected chi connectivity index (χ0v) is 21.7. The third kappa shape index (κ3) is 6.00. The number of likely N-dealkylation sites (tertiary alicyclic amines) is 2. The number of nitrogens with zero attached hydrogens (tertiary/aromatic N) is 2. The molecule has 0 radical (unpaired) electrons. The molecule has 2 aliphatic heterocycles. The number of benzene rings is 2. The Hall–Kier alpha value is -1.50. The van der Waals surface area contributed by atoms with Gasteiger partial charge in [0.05, 0.1) is 16.8 Å². The molecule has 1 amide bonds. The van der Waals surface area contributed by atoms with Gasteiger partial charge in [0.15, 0.2) is 0 Å². The molecule has 5 nitrogen and oxygen atoms in total. The molecule has 2 aromatic carbocycles. The number of piperidine rings is 2. The van der Waals surface area contributed by atoms with E-state index in [9.17, 15) is 9.90 Å². The third-order valence-electron chi connectivity index (χ3n) is 7.19. The van der Waals surface area contributed by atoms with Crippen molar-refractivity contribution in [3.05, 3.63) is 62.6 Å². The van der Waals surface area contributed by atoms with Gasteiger partial charge in [-0.25, -0.2) is 0 Å². The topological polar surface area (TPSA) is 55.8 Å². The SMILES string of the molecule is C[C@@H](Nc1cc(C2CCN(C3CCCN(C(=O)CO)C3)CC2)ccc1Cl)c1ccc(Cl)cc1Cl. The van der Waals surface area contributed by atoms with Crippen molar-refractivity contribution in [2.24, 2.45) is 0 Å². The summed E-state index contributed by atoms with van der Waals surface area (Å²) in [5, 5.41) is 14.7. The van der Waals surface area contributed by atoms with Gasteiger partial charge in [0, 0.05) is 29.2 Å². The average molecular weight is 525 g/mol. The Morgan fingerprint density at radius 2 is 1.82 bits per heavy atom. The highest BCUT2D eigenvalue weighted by Gasteiger charge is 2.30. The van der Waals surface area contributed by atoms with Crippen molar-refractivity contribution in [2.45, 2.75) is 50.6 Å². The average Bonchev–Trinajstić information content (AvgIpc) is 2.85. The van der Waals surface area contributed by atoms with Gasteiger partial charge < -0.3 is 15.3 Å². The molecule has 2 aliphatic rings. The van der Waals surface area contributed by atoms with Crippen LogP contribution in [0.5, 0.6) is 0 Å². The summed E-state index contributed by atoms with van der Waals surface area (Å²) in [6.07, 6.45) is 4.26. The van der Waals surface area contributed by atoms with Gasteiger partial charge in [-0.2, -0.15) is 0 Å². The molecule has 0 aliphatic carbocycles. The molecule has 4 rings (SSSR count). The number of amides is 1. The van der Waals surface area contributed by atoms with Gasteiger partial charge in [0.1, 0.15) is 6.61 Å². The normalized spacial score (nSPS) is 20.9. The van der Waals surface area contributed by atoms with Crippen LogP contribution in [-0.2, 0) is 4.79 Å². The van der Waals surface area contributed by atoms with Crippen molar-refractivity contribution in [3.8, 4) is 0 Å². The van der Waals surface area contributed by atoms with Gasteiger partial charge in [-0.15, -0.1) is 0 Å². The van der Waals surface area contributed by atoms with E-state index in [2.05, 4.69) is 29.3 Å². The lowest BCUT2D eigenvalue weighted by molar-refractivity contribution is -0.136. The van der Waals surface area contributed by atoms with Crippen LogP contribution in [0.25, 0.3) is 0 Å². The van der Waals surface area contributed by atoms with Crippen LogP contribution < -0.4 is 5.32 Å². The van der Waals surface area contributed by atoms with Crippen molar-refractivity contribution in [2.75, 3.05) is 38.1 Å². The van der Waals surface area contributed by atoms with Gasteiger partial charge in [-0.3, -0.25) is 9.69 Å². The Morgan fingerprint density at radius 1 is 1.06 bits per heavy atom. The van der Waals surface area contributed by atoms with E-state index in [1.165, 1.54) is 5.56 Å². The van der Waals surface area contributed by atoms with Crippen molar-refractivity contribution in [1.82, 2.24) is 9.80 Å². The Labute approximate surface area is 217 Å². The Kier molecular flexibility index (Phi) is 8.65. The summed E-state index contributed by atoms with van der Waals surface area (Å²) < 4.78 is 0. The van der Waals surface area contributed by atoms with Gasteiger partial charge >= 0.3 is 0 Å². The summed E-state index contributed by atoms with van der Waals surface area (Å²) in [6, 6.07) is 12.2. The first-order valence-corrected chi connectivity index (χ1v) is 13.1.